The number of nitrogens with one attached hydrogen (secondary N) is 1. The van der Waals surface area contributed by atoms with Gasteiger partial charge in [0.1, 0.15) is 0 Å². The second-order valence-electron chi connectivity index (χ2n) is 4.14. The van der Waals surface area contributed by atoms with Crippen LogP contribution < -0.4 is 10.4 Å². The molecule has 6 nitrogen and oxygen atoms in total. The van der Waals surface area contributed by atoms with Gasteiger partial charge in [-0.3, -0.25) is 14.9 Å². The Hall–Kier alpha value is -2.02. The molecular weight excluding hydrogens is 355 g/mol. The molecule has 0 unspecified atom stereocenters. The van der Waals surface area contributed by atoms with E-state index in [-0.39, 0.29) is 15.7 Å². The predicted molar refractivity (Wildman–Crippen MR) is 82.0 cm³/mol. The van der Waals surface area contributed by atoms with Gasteiger partial charge in [-0.15, -0.1) is 0 Å². The standard InChI is InChI=1S/C13H7Cl3N2O4/c14-6-1-2-10(9(16)4-6)17-13(20)8-3-7(15)5-11(12(8)19)18(21)22/h1-5,19H,(H,17,20)/p-1. The highest BCUT2D eigenvalue weighted by molar-refractivity contribution is 6.37. The van der Waals surface area contributed by atoms with Gasteiger partial charge in [0.2, 0.25) is 0 Å². The van der Waals surface area contributed by atoms with Gasteiger partial charge in [-0.1, -0.05) is 34.8 Å². The van der Waals surface area contributed by atoms with Crippen molar-refractivity contribution in [2.24, 2.45) is 0 Å². The summed E-state index contributed by atoms with van der Waals surface area (Å²) in [5, 5.41) is 25.5. The number of hydrogen-bond acceptors (Lipinski definition) is 4. The van der Waals surface area contributed by atoms with Crippen molar-refractivity contribution in [1.29, 1.82) is 0 Å². The van der Waals surface area contributed by atoms with Crippen LogP contribution in [0, 0.1) is 10.1 Å². The van der Waals surface area contributed by atoms with E-state index in [9.17, 15) is 20.0 Å². The fourth-order valence-corrected chi connectivity index (χ4v) is 2.33. The van der Waals surface area contributed by atoms with E-state index < -0.39 is 27.8 Å². The van der Waals surface area contributed by atoms with Crippen molar-refractivity contribution < 1.29 is 14.8 Å². The van der Waals surface area contributed by atoms with E-state index in [0.717, 1.165) is 12.1 Å². The molecule has 0 aliphatic carbocycles. The van der Waals surface area contributed by atoms with Crippen molar-refractivity contribution in [2.75, 3.05) is 5.32 Å². The van der Waals surface area contributed by atoms with Gasteiger partial charge in [0.25, 0.3) is 11.6 Å². The highest BCUT2D eigenvalue weighted by Crippen LogP contribution is 2.32. The van der Waals surface area contributed by atoms with Crippen LogP contribution in [0.1, 0.15) is 10.4 Å². The summed E-state index contributed by atoms with van der Waals surface area (Å²) in [4.78, 5) is 22.0. The fraction of sp³-hybridized carbons (Fsp3) is 0. The molecule has 0 bridgehead atoms. The first kappa shape index (κ1) is 16.4. The highest BCUT2D eigenvalue weighted by atomic mass is 35.5. The number of carbonyl (C=O) groups excluding carboxylic acids is 1. The van der Waals surface area contributed by atoms with Crippen molar-refractivity contribution in [3.63, 3.8) is 0 Å². The van der Waals surface area contributed by atoms with Crippen LogP contribution in [0.4, 0.5) is 11.4 Å². The normalized spacial score (nSPS) is 10.3. The summed E-state index contributed by atoms with van der Waals surface area (Å²) in [5.74, 6) is -1.89. The van der Waals surface area contributed by atoms with Crippen molar-refractivity contribution >= 4 is 52.1 Å². The number of halogens is 3. The first-order chi connectivity index (χ1) is 10.3. The molecule has 0 heterocycles. The van der Waals surface area contributed by atoms with Crippen molar-refractivity contribution in [3.05, 3.63) is 61.1 Å². The number of anilines is 1. The molecule has 0 spiro atoms. The number of carbonyl (C=O) groups is 1. The van der Waals surface area contributed by atoms with Crippen LogP contribution in [-0.4, -0.2) is 10.8 Å². The van der Waals surface area contributed by atoms with Crippen LogP contribution in [0.5, 0.6) is 5.75 Å². The Labute approximate surface area is 139 Å². The largest absolute Gasteiger partial charge is 0.867 e. The summed E-state index contributed by atoms with van der Waals surface area (Å²) in [6.45, 7) is 0. The number of nitro benzene ring substituents is 1. The molecule has 0 aliphatic rings. The van der Waals surface area contributed by atoms with Crippen LogP contribution in [0.3, 0.4) is 0 Å². The quantitative estimate of drug-likeness (QED) is 0.663. The first-order valence-corrected chi connectivity index (χ1v) is 6.84. The maximum absolute atomic E-state index is 12.1. The summed E-state index contributed by atoms with van der Waals surface area (Å²) < 4.78 is 0. The lowest BCUT2D eigenvalue weighted by atomic mass is 10.1. The molecule has 1 amide bonds. The van der Waals surface area contributed by atoms with Gasteiger partial charge in [-0.05, 0) is 30.0 Å². The Balaban J connectivity index is 2.39. The third kappa shape index (κ3) is 3.41. The van der Waals surface area contributed by atoms with Crippen LogP contribution in [0.2, 0.25) is 15.1 Å². The Kier molecular flexibility index (Phi) is 4.75. The number of benzene rings is 2. The van der Waals surface area contributed by atoms with Gasteiger partial charge in [0, 0.05) is 21.7 Å². The molecule has 0 aromatic heterocycles. The lowest BCUT2D eigenvalue weighted by Gasteiger charge is -2.14. The minimum Gasteiger partial charge on any atom is -0.867 e. The molecule has 0 atom stereocenters. The average Bonchev–Trinajstić information content (AvgIpc) is 2.43. The van der Waals surface area contributed by atoms with Gasteiger partial charge >= 0.3 is 0 Å². The summed E-state index contributed by atoms with van der Waals surface area (Å²) >= 11 is 17.3. The zero-order valence-corrected chi connectivity index (χ0v) is 12.9. The van der Waals surface area contributed by atoms with Gasteiger partial charge in [0.15, 0.2) is 0 Å². The lowest BCUT2D eigenvalue weighted by molar-refractivity contribution is -0.398. The number of amides is 1. The summed E-state index contributed by atoms with van der Waals surface area (Å²) in [6, 6.07) is 6.26. The smallest absolute Gasteiger partial charge is 0.264 e. The molecule has 0 aliphatic heterocycles. The molecular formula is C13H6Cl3N2O4-. The number of hydrogen-bond donors (Lipinski definition) is 1. The molecule has 2 rings (SSSR count). The van der Waals surface area contributed by atoms with Gasteiger partial charge < -0.3 is 10.4 Å². The number of rotatable bonds is 3. The maximum atomic E-state index is 12.1. The minimum atomic E-state index is -1.03. The van der Waals surface area contributed by atoms with Crippen molar-refractivity contribution in [3.8, 4) is 5.75 Å². The summed E-state index contributed by atoms with van der Waals surface area (Å²) in [6.07, 6.45) is 0. The van der Waals surface area contributed by atoms with E-state index in [0.29, 0.717) is 5.02 Å². The molecule has 0 radical (unpaired) electrons. The summed E-state index contributed by atoms with van der Waals surface area (Å²) in [5.41, 5.74) is -1.02. The minimum absolute atomic E-state index is 0.0985. The zero-order chi connectivity index (χ0) is 16.4. The topological polar surface area (TPSA) is 95.3 Å². The molecule has 0 saturated carbocycles. The fourth-order valence-electron chi connectivity index (χ4n) is 1.66. The Bertz CT molecular complexity index is 780. The Morgan fingerprint density at radius 1 is 1.09 bits per heavy atom. The van der Waals surface area contributed by atoms with Gasteiger partial charge in [-0.25, -0.2) is 0 Å². The number of nitrogens with zero attached hydrogens (tertiary/aromatic N) is 1. The third-order valence-electron chi connectivity index (χ3n) is 2.65. The van der Waals surface area contributed by atoms with E-state index >= 15 is 0 Å². The second-order valence-corrected chi connectivity index (χ2v) is 5.42. The first-order valence-electron chi connectivity index (χ1n) is 5.71. The molecule has 2 aromatic rings. The van der Waals surface area contributed by atoms with Crippen molar-refractivity contribution in [2.45, 2.75) is 0 Å². The van der Waals surface area contributed by atoms with E-state index in [4.69, 9.17) is 34.8 Å². The monoisotopic (exact) mass is 359 g/mol. The highest BCUT2D eigenvalue weighted by Gasteiger charge is 2.17. The molecule has 2 aromatic carbocycles. The van der Waals surface area contributed by atoms with E-state index in [1.165, 1.54) is 18.2 Å². The number of nitro groups is 1. The summed E-state index contributed by atoms with van der Waals surface area (Å²) in [7, 11) is 0. The van der Waals surface area contributed by atoms with Gasteiger partial charge in [-0.2, -0.15) is 0 Å². The third-order valence-corrected chi connectivity index (χ3v) is 3.42. The average molecular weight is 361 g/mol. The maximum Gasteiger partial charge on any atom is 0.264 e. The molecule has 0 fully saturated rings. The SMILES string of the molecule is O=C(Nc1ccc(Cl)cc1Cl)c1cc(Cl)cc([N+](=O)[O-])c1[O-]. The molecule has 22 heavy (non-hydrogen) atoms. The zero-order valence-electron chi connectivity index (χ0n) is 10.6. The van der Waals surface area contributed by atoms with Crippen LogP contribution in [-0.2, 0) is 0 Å². The van der Waals surface area contributed by atoms with Gasteiger partial charge in [0.05, 0.1) is 15.6 Å². The van der Waals surface area contributed by atoms with Crippen LogP contribution >= 0.6 is 34.8 Å². The molecule has 114 valence electrons. The lowest BCUT2D eigenvalue weighted by Crippen LogP contribution is -2.15. The molecule has 1 N–H and O–H groups in total. The van der Waals surface area contributed by atoms with E-state index in [2.05, 4.69) is 5.32 Å². The predicted octanol–water partition coefficient (Wildman–Crippen LogP) is 3.88. The van der Waals surface area contributed by atoms with Crippen LogP contribution in [0.25, 0.3) is 0 Å². The molecule has 0 saturated heterocycles. The molecule has 9 heteroatoms. The van der Waals surface area contributed by atoms with Crippen LogP contribution in [0.15, 0.2) is 30.3 Å². The second kappa shape index (κ2) is 6.39. The van der Waals surface area contributed by atoms with E-state index in [1.807, 2.05) is 0 Å². The Morgan fingerprint density at radius 2 is 1.77 bits per heavy atom. The Morgan fingerprint density at radius 3 is 2.36 bits per heavy atom. The van der Waals surface area contributed by atoms with E-state index in [1.54, 1.807) is 0 Å². The van der Waals surface area contributed by atoms with Crippen molar-refractivity contribution in [1.82, 2.24) is 0 Å².